The number of nitro benzene ring substituents is 1. The van der Waals surface area contributed by atoms with Gasteiger partial charge in [-0.25, -0.2) is 4.79 Å². The number of nitrogens with zero attached hydrogens (tertiary/aromatic N) is 3. The molecule has 3 N–H and O–H groups in total. The smallest absolute Gasteiger partial charge is 0.327 e. The summed E-state index contributed by atoms with van der Waals surface area (Å²) in [5.41, 5.74) is 1.50. The molecule has 0 aliphatic carbocycles. The molecule has 2 saturated heterocycles. The largest absolute Gasteiger partial charge is 0.454 e. The molecule has 2 fully saturated rings. The molecule has 38 heavy (non-hydrogen) atoms. The van der Waals surface area contributed by atoms with Gasteiger partial charge in [0.25, 0.3) is 5.69 Å². The molecule has 2 aromatic rings. The Hall–Kier alpha value is -3.88. The zero-order valence-electron chi connectivity index (χ0n) is 20.6. The summed E-state index contributed by atoms with van der Waals surface area (Å²) in [6.45, 7) is 0.467. The van der Waals surface area contributed by atoms with Gasteiger partial charge in [0, 0.05) is 32.8 Å². The highest BCUT2D eigenvalue weighted by Gasteiger charge is 2.51. The molecule has 13 nitrogen and oxygen atoms in total. The van der Waals surface area contributed by atoms with Crippen LogP contribution in [0.25, 0.3) is 0 Å². The number of amides is 4. The molecule has 2 aromatic carbocycles. The van der Waals surface area contributed by atoms with Crippen LogP contribution in [0.4, 0.5) is 10.5 Å². The summed E-state index contributed by atoms with van der Waals surface area (Å²) in [4.78, 5) is 51.6. The number of hydrogen-bond acceptors (Lipinski definition) is 10. The van der Waals surface area contributed by atoms with Gasteiger partial charge in [-0.2, -0.15) is 0 Å². The molecule has 14 heteroatoms. The third-order valence-electron chi connectivity index (χ3n) is 6.71. The Morgan fingerprint density at radius 1 is 1.13 bits per heavy atom. The number of nitrogens with one attached hydrogen (secondary N) is 3. The number of urea groups is 1. The normalized spacial score (nSPS) is 24.3. The second-order valence-electron chi connectivity index (χ2n) is 9.07. The van der Waals surface area contributed by atoms with Crippen molar-refractivity contribution in [3.05, 3.63) is 63.7 Å². The van der Waals surface area contributed by atoms with E-state index in [0.717, 1.165) is 10.5 Å². The summed E-state index contributed by atoms with van der Waals surface area (Å²) in [5.74, 6) is 0.106. The third-order valence-corrected chi connectivity index (χ3v) is 7.93. The number of fused-ring (bicyclic) bond motifs is 2. The monoisotopic (exact) mass is 542 g/mol. The number of thioether (sulfide) groups is 1. The number of nitro groups is 1. The van der Waals surface area contributed by atoms with Crippen LogP contribution >= 0.6 is 11.8 Å². The maximum atomic E-state index is 13.1. The topological polar surface area (TPSA) is 155 Å². The molecule has 3 aliphatic heterocycles. The molecular weight excluding hydrogens is 516 g/mol. The standard InChI is InChI=1S/C24H26N6O7S/c1-28-21-19(23(32)29(2)24(28)33)22(27-20(26-21)14-4-6-15(7-5-14)30(34)35)38-11-18(31)25-10-13-3-8-16-17(9-13)37-12-36-16/h3-9,19-22,26-27H,10-12H2,1-2H3,(H,25,31). The van der Waals surface area contributed by atoms with Crippen molar-refractivity contribution < 1.29 is 28.8 Å². The Kier molecular flexibility index (Phi) is 7.10. The van der Waals surface area contributed by atoms with Gasteiger partial charge in [-0.15, -0.1) is 11.8 Å². The lowest BCUT2D eigenvalue weighted by Crippen LogP contribution is -2.72. The lowest BCUT2D eigenvalue weighted by Gasteiger charge is -2.50. The van der Waals surface area contributed by atoms with Crippen molar-refractivity contribution in [3.8, 4) is 11.5 Å². The van der Waals surface area contributed by atoms with Gasteiger partial charge in [-0.05, 0) is 35.4 Å². The van der Waals surface area contributed by atoms with E-state index in [0.29, 0.717) is 23.6 Å². The molecule has 0 bridgehead atoms. The van der Waals surface area contributed by atoms with Crippen molar-refractivity contribution in [2.45, 2.75) is 24.3 Å². The number of carbonyl (C=O) groups excluding carboxylic acids is 3. The van der Waals surface area contributed by atoms with E-state index in [9.17, 15) is 24.5 Å². The molecule has 0 spiro atoms. The molecule has 4 atom stereocenters. The van der Waals surface area contributed by atoms with E-state index >= 15 is 0 Å². The van der Waals surface area contributed by atoms with Crippen molar-refractivity contribution in [1.29, 1.82) is 0 Å². The van der Waals surface area contributed by atoms with E-state index in [1.165, 1.54) is 35.8 Å². The Morgan fingerprint density at radius 3 is 2.61 bits per heavy atom. The van der Waals surface area contributed by atoms with Crippen LogP contribution in [-0.2, 0) is 16.1 Å². The van der Waals surface area contributed by atoms with Crippen LogP contribution in [0.3, 0.4) is 0 Å². The summed E-state index contributed by atoms with van der Waals surface area (Å²) in [6.07, 6.45) is -1.15. The lowest BCUT2D eigenvalue weighted by atomic mass is 9.96. The highest BCUT2D eigenvalue weighted by atomic mass is 32.2. The molecule has 200 valence electrons. The van der Waals surface area contributed by atoms with E-state index < -0.39 is 34.6 Å². The van der Waals surface area contributed by atoms with Gasteiger partial charge in [0.05, 0.1) is 34.3 Å². The fourth-order valence-electron chi connectivity index (χ4n) is 4.65. The number of benzene rings is 2. The predicted molar refractivity (Wildman–Crippen MR) is 136 cm³/mol. The van der Waals surface area contributed by atoms with E-state index in [1.807, 2.05) is 12.1 Å². The second-order valence-corrected chi connectivity index (χ2v) is 10.2. The SMILES string of the molecule is CN1C(=O)C2C(SCC(=O)NCc3ccc4c(c3)OCO4)NC(c3ccc([N+](=O)[O-])cc3)NC2N(C)C1=O. The summed E-state index contributed by atoms with van der Waals surface area (Å²) < 4.78 is 10.7. The minimum Gasteiger partial charge on any atom is -0.454 e. The first-order valence-corrected chi connectivity index (χ1v) is 12.9. The van der Waals surface area contributed by atoms with Crippen molar-refractivity contribution >= 4 is 35.3 Å². The predicted octanol–water partition coefficient (Wildman–Crippen LogP) is 1.36. The Labute approximate surface area is 222 Å². The maximum Gasteiger partial charge on any atom is 0.327 e. The van der Waals surface area contributed by atoms with Crippen molar-refractivity contribution in [2.24, 2.45) is 5.92 Å². The van der Waals surface area contributed by atoms with Gasteiger partial charge in [0.2, 0.25) is 18.6 Å². The third kappa shape index (κ3) is 4.97. The van der Waals surface area contributed by atoms with Crippen molar-refractivity contribution in [2.75, 3.05) is 26.6 Å². The van der Waals surface area contributed by atoms with Gasteiger partial charge in [0.15, 0.2) is 11.5 Å². The second kappa shape index (κ2) is 10.5. The van der Waals surface area contributed by atoms with Crippen LogP contribution in [0, 0.1) is 16.0 Å². The number of imide groups is 1. The number of hydrogen-bond donors (Lipinski definition) is 3. The number of non-ortho nitro benzene ring substituents is 1. The molecule has 3 aliphatic rings. The zero-order chi connectivity index (χ0) is 27.0. The molecular formula is C24H26N6O7S. The minimum atomic E-state index is -0.663. The van der Waals surface area contributed by atoms with Crippen LogP contribution < -0.4 is 25.4 Å². The first-order valence-electron chi connectivity index (χ1n) is 11.8. The zero-order valence-corrected chi connectivity index (χ0v) is 21.4. The Balaban J connectivity index is 1.28. The Bertz CT molecular complexity index is 1280. The Morgan fingerprint density at radius 2 is 1.87 bits per heavy atom. The van der Waals surface area contributed by atoms with Crippen LogP contribution in [0.5, 0.6) is 11.5 Å². The first-order chi connectivity index (χ1) is 18.2. The molecule has 3 heterocycles. The van der Waals surface area contributed by atoms with Crippen molar-refractivity contribution in [1.82, 2.24) is 25.8 Å². The molecule has 0 saturated carbocycles. The van der Waals surface area contributed by atoms with E-state index in [4.69, 9.17) is 9.47 Å². The lowest BCUT2D eigenvalue weighted by molar-refractivity contribution is -0.384. The number of rotatable bonds is 7. The van der Waals surface area contributed by atoms with Crippen LogP contribution in [0.1, 0.15) is 17.3 Å². The quantitative estimate of drug-likeness (QED) is 0.345. The van der Waals surface area contributed by atoms with Crippen LogP contribution in [0.15, 0.2) is 42.5 Å². The average molecular weight is 543 g/mol. The molecule has 4 amide bonds. The first kappa shape index (κ1) is 25.8. The van der Waals surface area contributed by atoms with Crippen molar-refractivity contribution in [3.63, 3.8) is 0 Å². The van der Waals surface area contributed by atoms with E-state index in [1.54, 1.807) is 25.2 Å². The molecule has 4 unspecified atom stereocenters. The van der Waals surface area contributed by atoms with Gasteiger partial charge in [-0.1, -0.05) is 6.07 Å². The fraction of sp³-hybridized carbons (Fsp3) is 0.375. The summed E-state index contributed by atoms with van der Waals surface area (Å²) in [7, 11) is 3.04. The van der Waals surface area contributed by atoms with Gasteiger partial charge in [0.1, 0.15) is 0 Å². The van der Waals surface area contributed by atoms with Gasteiger partial charge >= 0.3 is 6.03 Å². The average Bonchev–Trinajstić information content (AvgIpc) is 3.40. The summed E-state index contributed by atoms with van der Waals surface area (Å²) >= 11 is 1.26. The fourth-order valence-corrected chi connectivity index (χ4v) is 5.79. The summed E-state index contributed by atoms with van der Waals surface area (Å²) in [6, 6.07) is 11.0. The van der Waals surface area contributed by atoms with Gasteiger partial charge in [-0.3, -0.25) is 35.2 Å². The van der Waals surface area contributed by atoms with Crippen LogP contribution in [-0.4, -0.2) is 70.7 Å². The van der Waals surface area contributed by atoms with E-state index in [2.05, 4.69) is 16.0 Å². The highest BCUT2D eigenvalue weighted by molar-refractivity contribution is 8.00. The van der Waals surface area contributed by atoms with Gasteiger partial charge < -0.3 is 19.7 Å². The van der Waals surface area contributed by atoms with Crippen LogP contribution in [0.2, 0.25) is 0 Å². The van der Waals surface area contributed by atoms with E-state index in [-0.39, 0.29) is 30.0 Å². The molecule has 0 radical (unpaired) electrons. The summed E-state index contributed by atoms with van der Waals surface area (Å²) in [5, 5.41) is 20.0. The number of ether oxygens (including phenoxy) is 2. The molecule has 0 aromatic heterocycles. The highest BCUT2D eigenvalue weighted by Crippen LogP contribution is 2.35. The number of carbonyl (C=O) groups is 3. The minimum absolute atomic E-state index is 0.0470. The maximum absolute atomic E-state index is 13.1. The molecule has 5 rings (SSSR count).